The summed E-state index contributed by atoms with van der Waals surface area (Å²) in [6.07, 6.45) is 9.36. The first-order chi connectivity index (χ1) is 13.7. The fraction of sp³-hybridized carbons (Fsp3) is 0.542. The summed E-state index contributed by atoms with van der Waals surface area (Å²) in [4.78, 5) is 13.8. The lowest BCUT2D eigenvalue weighted by Crippen LogP contribution is -2.48. The van der Waals surface area contributed by atoms with Crippen LogP contribution in [0.15, 0.2) is 42.1 Å². The van der Waals surface area contributed by atoms with Crippen molar-refractivity contribution in [1.29, 1.82) is 0 Å². The molecule has 2 heterocycles. The number of rotatable bonds is 3. The molecule has 0 aromatic heterocycles. The molecule has 1 saturated heterocycles. The molecule has 0 saturated carbocycles. The molecule has 29 heavy (non-hydrogen) atoms. The molecule has 1 aliphatic carbocycles. The minimum absolute atomic E-state index is 0.0210. The molecule has 1 aromatic carbocycles. The number of benzene rings is 1. The van der Waals surface area contributed by atoms with Gasteiger partial charge in [-0.3, -0.25) is 0 Å². The van der Waals surface area contributed by atoms with E-state index in [0.717, 1.165) is 37.2 Å². The summed E-state index contributed by atoms with van der Waals surface area (Å²) in [7, 11) is 0. The molecule has 0 bridgehead atoms. The molecule has 156 valence electrons. The Morgan fingerprint density at radius 3 is 2.66 bits per heavy atom. The van der Waals surface area contributed by atoms with E-state index in [0.29, 0.717) is 17.5 Å². The number of hydrogen-bond acceptors (Lipinski definition) is 4. The van der Waals surface area contributed by atoms with Gasteiger partial charge in [-0.1, -0.05) is 26.0 Å². The molecule has 2 aliphatic heterocycles. The third-order valence-corrected chi connectivity index (χ3v) is 6.45. The third kappa shape index (κ3) is 4.06. The Labute approximate surface area is 173 Å². The third-order valence-electron chi connectivity index (χ3n) is 6.45. The van der Waals surface area contributed by atoms with Gasteiger partial charge < -0.3 is 20.1 Å². The van der Waals surface area contributed by atoms with Gasteiger partial charge >= 0.3 is 5.97 Å². The average Bonchev–Trinajstić information content (AvgIpc) is 2.65. The number of hydrogen-bond donors (Lipinski definition) is 2. The highest BCUT2D eigenvalue weighted by atomic mass is 16.5. The summed E-state index contributed by atoms with van der Waals surface area (Å²) >= 11 is 0. The normalized spacial score (nSPS) is 30.9. The maximum absolute atomic E-state index is 11.3. The van der Waals surface area contributed by atoms with Gasteiger partial charge in [0.15, 0.2) is 0 Å². The van der Waals surface area contributed by atoms with Crippen molar-refractivity contribution in [3.63, 3.8) is 0 Å². The second-order valence-corrected chi connectivity index (χ2v) is 9.52. The van der Waals surface area contributed by atoms with Crippen molar-refractivity contribution in [2.45, 2.75) is 58.8 Å². The standard InChI is InChI=1S/C24H32N2O3/c1-15-13-26(14-16(2)29-15)20-7-5-6-17(11-20)22-24(3,4)12-19-10-18(23(27)28)8-9-21(19)25-22/h5,7-11,15-17,22,25H,6,12-14H2,1-4H3,(H,27,28). The number of aromatic carboxylic acids is 1. The van der Waals surface area contributed by atoms with Crippen LogP contribution in [-0.2, 0) is 11.2 Å². The summed E-state index contributed by atoms with van der Waals surface area (Å²) in [5.41, 5.74) is 3.84. The Hall–Kier alpha value is -2.27. The van der Waals surface area contributed by atoms with E-state index in [9.17, 15) is 9.90 Å². The van der Waals surface area contributed by atoms with Gasteiger partial charge in [-0.2, -0.15) is 0 Å². The molecule has 5 heteroatoms. The number of carboxylic acids is 1. The molecule has 1 aromatic rings. The molecule has 0 radical (unpaired) electrons. The molecule has 4 rings (SSSR count). The highest BCUT2D eigenvalue weighted by Crippen LogP contribution is 2.42. The van der Waals surface area contributed by atoms with Crippen LogP contribution in [0.1, 0.15) is 50.0 Å². The maximum Gasteiger partial charge on any atom is 0.335 e. The van der Waals surface area contributed by atoms with Crippen molar-refractivity contribution in [2.24, 2.45) is 11.3 Å². The highest BCUT2D eigenvalue weighted by molar-refractivity contribution is 5.88. The number of nitrogens with zero attached hydrogens (tertiary/aromatic N) is 1. The monoisotopic (exact) mass is 396 g/mol. The summed E-state index contributed by atoms with van der Waals surface area (Å²) in [6.45, 7) is 10.7. The first-order valence-corrected chi connectivity index (χ1v) is 10.6. The molecule has 0 amide bonds. The maximum atomic E-state index is 11.3. The van der Waals surface area contributed by atoms with Crippen LogP contribution in [0.25, 0.3) is 0 Å². The van der Waals surface area contributed by atoms with Crippen LogP contribution < -0.4 is 5.32 Å². The molecule has 4 unspecified atom stereocenters. The lowest BCUT2D eigenvalue weighted by atomic mass is 9.69. The van der Waals surface area contributed by atoms with Gasteiger partial charge in [-0.25, -0.2) is 4.79 Å². The van der Waals surface area contributed by atoms with E-state index in [1.54, 1.807) is 6.07 Å². The van der Waals surface area contributed by atoms with Gasteiger partial charge in [0.05, 0.1) is 17.8 Å². The Morgan fingerprint density at radius 1 is 1.24 bits per heavy atom. The second kappa shape index (κ2) is 7.52. The molecule has 3 aliphatic rings. The Kier molecular flexibility index (Phi) is 5.19. The Bertz CT molecular complexity index is 848. The quantitative estimate of drug-likeness (QED) is 0.797. The van der Waals surface area contributed by atoms with Gasteiger partial charge in [0.25, 0.3) is 0 Å². The number of carboxylic acid groups (broad SMARTS) is 1. The number of ether oxygens (including phenoxy) is 1. The van der Waals surface area contributed by atoms with Crippen molar-refractivity contribution in [2.75, 3.05) is 18.4 Å². The molecule has 5 nitrogen and oxygen atoms in total. The van der Waals surface area contributed by atoms with E-state index in [1.807, 2.05) is 12.1 Å². The van der Waals surface area contributed by atoms with Crippen molar-refractivity contribution in [1.82, 2.24) is 4.90 Å². The van der Waals surface area contributed by atoms with Gasteiger partial charge in [0.1, 0.15) is 0 Å². The first kappa shape index (κ1) is 20.0. The smallest absolute Gasteiger partial charge is 0.335 e. The zero-order valence-corrected chi connectivity index (χ0v) is 17.8. The topological polar surface area (TPSA) is 61.8 Å². The van der Waals surface area contributed by atoms with Crippen LogP contribution in [0, 0.1) is 11.3 Å². The average molecular weight is 397 g/mol. The van der Waals surface area contributed by atoms with Gasteiger partial charge in [-0.15, -0.1) is 0 Å². The first-order valence-electron chi connectivity index (χ1n) is 10.6. The van der Waals surface area contributed by atoms with Crippen molar-refractivity contribution in [3.05, 3.63) is 53.3 Å². The number of allylic oxidation sites excluding steroid dienone is 2. The molecular formula is C24H32N2O3. The van der Waals surface area contributed by atoms with E-state index >= 15 is 0 Å². The van der Waals surface area contributed by atoms with Gasteiger partial charge in [-0.05, 0) is 61.9 Å². The van der Waals surface area contributed by atoms with Crippen LogP contribution in [0.4, 0.5) is 5.69 Å². The van der Waals surface area contributed by atoms with E-state index < -0.39 is 5.97 Å². The summed E-state index contributed by atoms with van der Waals surface area (Å²) < 4.78 is 5.90. The Balaban J connectivity index is 1.58. The minimum Gasteiger partial charge on any atom is -0.478 e. The molecule has 2 N–H and O–H groups in total. The van der Waals surface area contributed by atoms with E-state index in [2.05, 4.69) is 56.1 Å². The number of morpholine rings is 1. The predicted molar refractivity (Wildman–Crippen MR) is 115 cm³/mol. The van der Waals surface area contributed by atoms with E-state index in [1.165, 1.54) is 5.70 Å². The second-order valence-electron chi connectivity index (χ2n) is 9.52. The van der Waals surface area contributed by atoms with Crippen molar-refractivity contribution in [3.8, 4) is 0 Å². The SMILES string of the molecule is CC1CN(C2=CC(C3Nc4ccc(C(=O)O)cc4CC3(C)C)CC=C2)CC(C)O1. The van der Waals surface area contributed by atoms with Crippen LogP contribution in [-0.4, -0.2) is 47.3 Å². The fourth-order valence-corrected chi connectivity index (χ4v) is 5.18. The highest BCUT2D eigenvalue weighted by Gasteiger charge is 2.39. The predicted octanol–water partition coefficient (Wildman–Crippen LogP) is 4.32. The van der Waals surface area contributed by atoms with Crippen LogP contribution in [0.2, 0.25) is 0 Å². The van der Waals surface area contributed by atoms with Gasteiger partial charge in [0, 0.05) is 36.4 Å². The lowest BCUT2D eigenvalue weighted by Gasteiger charge is -2.45. The van der Waals surface area contributed by atoms with E-state index in [-0.39, 0.29) is 17.6 Å². The molecule has 1 fully saturated rings. The van der Waals surface area contributed by atoms with Crippen molar-refractivity contribution < 1.29 is 14.6 Å². The van der Waals surface area contributed by atoms with Gasteiger partial charge in [0.2, 0.25) is 0 Å². The number of anilines is 1. The number of nitrogens with one attached hydrogen (secondary N) is 1. The fourth-order valence-electron chi connectivity index (χ4n) is 5.18. The van der Waals surface area contributed by atoms with Crippen LogP contribution >= 0.6 is 0 Å². The van der Waals surface area contributed by atoms with Crippen molar-refractivity contribution >= 4 is 11.7 Å². The van der Waals surface area contributed by atoms with Crippen LogP contribution in [0.5, 0.6) is 0 Å². The largest absolute Gasteiger partial charge is 0.478 e. The zero-order valence-electron chi connectivity index (χ0n) is 17.8. The summed E-state index contributed by atoms with van der Waals surface area (Å²) in [5, 5.41) is 13.1. The summed E-state index contributed by atoms with van der Waals surface area (Å²) in [5.74, 6) is -0.475. The number of fused-ring (bicyclic) bond motifs is 1. The minimum atomic E-state index is -0.869. The summed E-state index contributed by atoms with van der Waals surface area (Å²) in [6, 6.07) is 5.74. The van der Waals surface area contributed by atoms with Crippen LogP contribution in [0.3, 0.4) is 0 Å². The lowest BCUT2D eigenvalue weighted by molar-refractivity contribution is -0.0570. The molecule has 4 atom stereocenters. The van der Waals surface area contributed by atoms with E-state index in [4.69, 9.17) is 4.74 Å². The molecule has 0 spiro atoms. The molecular weight excluding hydrogens is 364 g/mol. The zero-order chi connectivity index (χ0) is 20.8. The number of carbonyl (C=O) groups is 1. The Morgan fingerprint density at radius 2 is 1.97 bits per heavy atom.